The molecule has 1 aromatic heterocycles. The van der Waals surface area contributed by atoms with Gasteiger partial charge in [-0.15, -0.1) is 0 Å². The van der Waals surface area contributed by atoms with Gasteiger partial charge in [-0.2, -0.15) is 0 Å². The molecule has 0 saturated heterocycles. The quantitative estimate of drug-likeness (QED) is 0.896. The molecule has 0 fully saturated rings. The smallest absolute Gasteiger partial charge is 0.165 e. The summed E-state index contributed by atoms with van der Waals surface area (Å²) in [5, 5.41) is 9.92. The fraction of sp³-hybridized carbons (Fsp3) is 0.357. The van der Waals surface area contributed by atoms with E-state index in [0.717, 1.165) is 5.69 Å². The maximum atomic E-state index is 13.7. The standard InChI is InChI=1S/C14H17FN2O2/c1-8-12(17-13(16-8)14(2,3)18)9-5-6-11(19-4)10(15)7-9/h5-7,18H,1-4H3,(H,16,17). The van der Waals surface area contributed by atoms with Gasteiger partial charge in [0.1, 0.15) is 11.4 Å². The Hall–Kier alpha value is -1.88. The van der Waals surface area contributed by atoms with E-state index in [0.29, 0.717) is 17.1 Å². The molecule has 2 aromatic rings. The third kappa shape index (κ3) is 2.61. The number of aliphatic hydroxyl groups is 1. The van der Waals surface area contributed by atoms with E-state index in [4.69, 9.17) is 4.74 Å². The Kier molecular flexibility index (Phi) is 3.32. The van der Waals surface area contributed by atoms with Crippen LogP contribution in [0.1, 0.15) is 25.4 Å². The van der Waals surface area contributed by atoms with Crippen molar-refractivity contribution in [1.29, 1.82) is 0 Å². The van der Waals surface area contributed by atoms with Crippen LogP contribution >= 0.6 is 0 Å². The summed E-state index contributed by atoms with van der Waals surface area (Å²) in [4.78, 5) is 7.35. The van der Waals surface area contributed by atoms with Crippen molar-refractivity contribution in [3.63, 3.8) is 0 Å². The van der Waals surface area contributed by atoms with Crippen LogP contribution in [0.5, 0.6) is 5.75 Å². The van der Waals surface area contributed by atoms with Crippen LogP contribution in [0.15, 0.2) is 18.2 Å². The van der Waals surface area contributed by atoms with Crippen molar-refractivity contribution in [3.8, 4) is 17.0 Å². The van der Waals surface area contributed by atoms with Crippen LogP contribution in [0.25, 0.3) is 11.3 Å². The molecule has 102 valence electrons. The van der Waals surface area contributed by atoms with E-state index in [9.17, 15) is 9.50 Å². The number of ether oxygens (including phenoxy) is 1. The molecule has 0 aliphatic carbocycles. The summed E-state index contributed by atoms with van der Waals surface area (Å²) in [6.07, 6.45) is 0. The summed E-state index contributed by atoms with van der Waals surface area (Å²) in [7, 11) is 1.42. The first-order valence-electron chi connectivity index (χ1n) is 5.96. The van der Waals surface area contributed by atoms with Crippen LogP contribution in [-0.2, 0) is 5.60 Å². The van der Waals surface area contributed by atoms with Gasteiger partial charge in [-0.25, -0.2) is 9.37 Å². The van der Waals surface area contributed by atoms with E-state index in [1.54, 1.807) is 26.0 Å². The Morgan fingerprint density at radius 2 is 2.05 bits per heavy atom. The molecule has 5 heteroatoms. The minimum absolute atomic E-state index is 0.194. The number of hydrogen-bond acceptors (Lipinski definition) is 3. The summed E-state index contributed by atoms with van der Waals surface area (Å²) in [5.41, 5.74) is 0.983. The van der Waals surface area contributed by atoms with Crippen molar-refractivity contribution in [3.05, 3.63) is 35.5 Å². The topological polar surface area (TPSA) is 58.1 Å². The molecule has 2 N–H and O–H groups in total. The minimum atomic E-state index is -1.06. The van der Waals surface area contributed by atoms with Gasteiger partial charge in [0.05, 0.1) is 12.8 Å². The van der Waals surface area contributed by atoms with Gasteiger partial charge in [0.25, 0.3) is 0 Å². The van der Waals surface area contributed by atoms with E-state index in [1.807, 2.05) is 6.92 Å². The molecule has 0 spiro atoms. The Balaban J connectivity index is 2.48. The predicted molar refractivity (Wildman–Crippen MR) is 70.5 cm³/mol. The average Bonchev–Trinajstić information content (AvgIpc) is 2.71. The van der Waals surface area contributed by atoms with Gasteiger partial charge in [0.2, 0.25) is 0 Å². The van der Waals surface area contributed by atoms with Crippen LogP contribution in [0.2, 0.25) is 0 Å². The highest BCUT2D eigenvalue weighted by atomic mass is 19.1. The lowest BCUT2D eigenvalue weighted by Gasteiger charge is -2.12. The van der Waals surface area contributed by atoms with Gasteiger partial charge in [-0.3, -0.25) is 0 Å². The van der Waals surface area contributed by atoms with Crippen LogP contribution < -0.4 is 4.74 Å². The van der Waals surface area contributed by atoms with Gasteiger partial charge >= 0.3 is 0 Å². The summed E-state index contributed by atoms with van der Waals surface area (Å²) in [6.45, 7) is 5.12. The van der Waals surface area contributed by atoms with E-state index >= 15 is 0 Å². The minimum Gasteiger partial charge on any atom is -0.494 e. The van der Waals surface area contributed by atoms with Crippen LogP contribution in [-0.4, -0.2) is 22.2 Å². The molecule has 2 rings (SSSR count). The number of imidazole rings is 1. The summed E-state index contributed by atoms with van der Waals surface area (Å²) >= 11 is 0. The van der Waals surface area contributed by atoms with Crippen molar-refractivity contribution >= 4 is 0 Å². The number of nitrogens with zero attached hydrogens (tertiary/aromatic N) is 1. The second-order valence-corrected chi connectivity index (χ2v) is 4.97. The number of aromatic amines is 1. The maximum absolute atomic E-state index is 13.7. The maximum Gasteiger partial charge on any atom is 0.165 e. The molecule has 0 aliphatic heterocycles. The molecule has 0 unspecified atom stereocenters. The molecule has 0 aliphatic rings. The Morgan fingerprint density at radius 1 is 1.37 bits per heavy atom. The Labute approximate surface area is 111 Å². The van der Waals surface area contributed by atoms with E-state index in [2.05, 4.69) is 9.97 Å². The molecule has 0 radical (unpaired) electrons. The molecule has 1 heterocycles. The van der Waals surface area contributed by atoms with Gasteiger partial charge in [-0.1, -0.05) is 0 Å². The molecule has 0 amide bonds. The van der Waals surface area contributed by atoms with Crippen LogP contribution in [0, 0.1) is 12.7 Å². The fourth-order valence-electron chi connectivity index (χ4n) is 1.84. The highest BCUT2D eigenvalue weighted by Gasteiger charge is 2.22. The third-order valence-corrected chi connectivity index (χ3v) is 2.89. The van der Waals surface area contributed by atoms with E-state index < -0.39 is 11.4 Å². The number of aromatic nitrogens is 2. The predicted octanol–water partition coefficient (Wildman–Crippen LogP) is 2.76. The number of rotatable bonds is 3. The number of benzene rings is 1. The number of hydrogen-bond donors (Lipinski definition) is 2. The normalized spacial score (nSPS) is 11.7. The lowest BCUT2D eigenvalue weighted by molar-refractivity contribution is 0.0696. The lowest BCUT2D eigenvalue weighted by Crippen LogP contribution is -2.17. The van der Waals surface area contributed by atoms with Crippen LogP contribution in [0.3, 0.4) is 0 Å². The summed E-state index contributed by atoms with van der Waals surface area (Å²) in [5.74, 6) is 0.211. The second-order valence-electron chi connectivity index (χ2n) is 4.97. The average molecular weight is 264 g/mol. The zero-order valence-corrected chi connectivity index (χ0v) is 11.4. The first kappa shape index (κ1) is 13.5. The van der Waals surface area contributed by atoms with Crippen molar-refractivity contribution in [1.82, 2.24) is 9.97 Å². The molecule has 4 nitrogen and oxygen atoms in total. The molecule has 19 heavy (non-hydrogen) atoms. The third-order valence-electron chi connectivity index (χ3n) is 2.89. The van der Waals surface area contributed by atoms with Gasteiger partial charge in [0.15, 0.2) is 11.6 Å². The summed E-state index contributed by atoms with van der Waals surface area (Å²) < 4.78 is 18.6. The van der Waals surface area contributed by atoms with Crippen molar-refractivity contribution < 1.29 is 14.2 Å². The number of aryl methyl sites for hydroxylation is 1. The first-order valence-corrected chi connectivity index (χ1v) is 5.96. The Morgan fingerprint density at radius 3 is 2.53 bits per heavy atom. The highest BCUT2D eigenvalue weighted by Crippen LogP contribution is 2.28. The van der Waals surface area contributed by atoms with E-state index in [-0.39, 0.29) is 5.75 Å². The fourth-order valence-corrected chi connectivity index (χ4v) is 1.84. The zero-order valence-electron chi connectivity index (χ0n) is 11.4. The van der Waals surface area contributed by atoms with E-state index in [1.165, 1.54) is 13.2 Å². The van der Waals surface area contributed by atoms with Crippen molar-refractivity contribution in [2.75, 3.05) is 7.11 Å². The molecule has 0 bridgehead atoms. The second kappa shape index (κ2) is 4.66. The molecular weight excluding hydrogens is 247 g/mol. The van der Waals surface area contributed by atoms with Crippen molar-refractivity contribution in [2.45, 2.75) is 26.4 Å². The number of halogens is 1. The first-order chi connectivity index (χ1) is 8.82. The van der Waals surface area contributed by atoms with Crippen LogP contribution in [0.4, 0.5) is 4.39 Å². The largest absolute Gasteiger partial charge is 0.494 e. The van der Waals surface area contributed by atoms with Gasteiger partial charge in [0, 0.05) is 11.3 Å². The Bertz CT molecular complexity index is 600. The molecule has 0 saturated carbocycles. The van der Waals surface area contributed by atoms with Gasteiger partial charge in [-0.05, 0) is 39.0 Å². The number of nitrogens with one attached hydrogen (secondary N) is 1. The summed E-state index contributed by atoms with van der Waals surface area (Å²) in [6, 6.07) is 4.66. The molecule has 1 aromatic carbocycles. The van der Waals surface area contributed by atoms with Gasteiger partial charge < -0.3 is 14.8 Å². The SMILES string of the molecule is COc1ccc(-c2nc(C(C)(C)O)[nH]c2C)cc1F. The highest BCUT2D eigenvalue weighted by molar-refractivity contribution is 5.63. The monoisotopic (exact) mass is 264 g/mol. The zero-order chi connectivity index (χ0) is 14.2. The molecule has 0 atom stereocenters. The number of H-pyrrole nitrogens is 1. The molecular formula is C14H17FN2O2. The number of methoxy groups -OCH3 is 1. The lowest BCUT2D eigenvalue weighted by atomic mass is 10.1. The van der Waals surface area contributed by atoms with Crippen molar-refractivity contribution in [2.24, 2.45) is 0 Å².